The minimum absolute atomic E-state index is 0.483. The maximum atomic E-state index is 5.41. The third-order valence-corrected chi connectivity index (χ3v) is 4.90. The number of ether oxygens (including phenoxy) is 1. The van der Waals surface area contributed by atoms with E-state index in [4.69, 9.17) is 17.0 Å². The summed E-state index contributed by atoms with van der Waals surface area (Å²) in [5.74, 6) is 0. The highest BCUT2D eigenvalue weighted by molar-refractivity contribution is 7.80. The van der Waals surface area contributed by atoms with Crippen LogP contribution in [0, 0.1) is 13.8 Å². The molecule has 0 spiro atoms. The van der Waals surface area contributed by atoms with Crippen LogP contribution < -0.4 is 15.6 Å². The first kappa shape index (κ1) is 19.3. The summed E-state index contributed by atoms with van der Waals surface area (Å²) in [6.45, 7) is 9.54. The fourth-order valence-electron chi connectivity index (χ4n) is 3.09. The molecule has 1 heterocycles. The number of thiocarbonyl (C=S) groups is 1. The van der Waals surface area contributed by atoms with Gasteiger partial charge in [0.2, 0.25) is 0 Å². The van der Waals surface area contributed by atoms with Crippen LogP contribution >= 0.6 is 12.2 Å². The highest BCUT2D eigenvalue weighted by atomic mass is 32.1. The molecule has 1 aliphatic heterocycles. The summed E-state index contributed by atoms with van der Waals surface area (Å²) in [6.07, 6.45) is 0. The largest absolute Gasteiger partial charge is 0.378 e. The minimum atomic E-state index is 0.483. The first-order valence-electron chi connectivity index (χ1n) is 9.15. The second kappa shape index (κ2) is 8.97. The molecule has 142 valence electrons. The summed E-state index contributed by atoms with van der Waals surface area (Å²) < 4.78 is 5.41. The van der Waals surface area contributed by atoms with Gasteiger partial charge >= 0.3 is 0 Å². The fraction of sp³-hybridized carbons (Fsp3) is 0.333. The molecule has 0 atom stereocenters. The van der Waals surface area contributed by atoms with Gasteiger partial charge in [-0.1, -0.05) is 30.3 Å². The van der Waals surface area contributed by atoms with Crippen molar-refractivity contribution in [3.05, 3.63) is 59.2 Å². The standard InChI is InChI=1S/C21H26N4OS/c1-15-5-4-6-16(2)20(15)22-21(27)24-23-17(3)18-7-9-19(10-8-18)25-11-13-26-14-12-25/h4-10H,11-14H2,1-3H3,(H2,22,24,27)/b23-17-. The molecule has 1 saturated heterocycles. The van der Waals surface area contributed by atoms with E-state index in [0.29, 0.717) is 5.11 Å². The van der Waals surface area contributed by atoms with Gasteiger partial charge in [0.25, 0.3) is 0 Å². The van der Waals surface area contributed by atoms with Crippen molar-refractivity contribution in [2.24, 2.45) is 5.10 Å². The number of hydrogen-bond donors (Lipinski definition) is 2. The molecule has 3 rings (SSSR count). The highest BCUT2D eigenvalue weighted by Crippen LogP contribution is 2.19. The van der Waals surface area contributed by atoms with E-state index in [1.807, 2.05) is 13.0 Å². The molecule has 2 N–H and O–H groups in total. The normalized spacial score (nSPS) is 14.8. The molecular formula is C21H26N4OS. The van der Waals surface area contributed by atoms with Crippen LogP contribution in [0.15, 0.2) is 47.6 Å². The third kappa shape index (κ3) is 5.05. The summed E-state index contributed by atoms with van der Waals surface area (Å²) in [6, 6.07) is 14.6. The molecule has 0 radical (unpaired) electrons. The molecule has 0 bridgehead atoms. The van der Waals surface area contributed by atoms with Gasteiger partial charge in [0.15, 0.2) is 5.11 Å². The second-order valence-electron chi connectivity index (χ2n) is 6.68. The highest BCUT2D eigenvalue weighted by Gasteiger charge is 2.11. The van der Waals surface area contributed by atoms with E-state index >= 15 is 0 Å². The lowest BCUT2D eigenvalue weighted by molar-refractivity contribution is 0.122. The Labute approximate surface area is 166 Å². The van der Waals surface area contributed by atoms with Crippen molar-refractivity contribution in [2.75, 3.05) is 36.5 Å². The van der Waals surface area contributed by atoms with Crippen LogP contribution in [0.1, 0.15) is 23.6 Å². The first-order valence-corrected chi connectivity index (χ1v) is 9.56. The number of hydrogen-bond acceptors (Lipinski definition) is 4. The molecule has 6 heteroatoms. The van der Waals surface area contributed by atoms with Crippen molar-refractivity contribution < 1.29 is 4.74 Å². The zero-order valence-electron chi connectivity index (χ0n) is 16.1. The molecule has 0 aromatic heterocycles. The molecule has 0 aliphatic carbocycles. The Morgan fingerprint density at radius 1 is 1.04 bits per heavy atom. The second-order valence-corrected chi connectivity index (χ2v) is 7.08. The van der Waals surface area contributed by atoms with Crippen LogP contribution in [-0.4, -0.2) is 37.1 Å². The Morgan fingerprint density at radius 2 is 1.67 bits per heavy atom. The summed E-state index contributed by atoms with van der Waals surface area (Å²) in [7, 11) is 0. The van der Waals surface area contributed by atoms with Gasteiger partial charge in [-0.15, -0.1) is 0 Å². The van der Waals surface area contributed by atoms with Gasteiger partial charge in [0.1, 0.15) is 0 Å². The monoisotopic (exact) mass is 382 g/mol. The van der Waals surface area contributed by atoms with Gasteiger partial charge in [-0.25, -0.2) is 0 Å². The van der Waals surface area contributed by atoms with Crippen LogP contribution in [0.25, 0.3) is 0 Å². The van der Waals surface area contributed by atoms with E-state index in [-0.39, 0.29) is 0 Å². The van der Waals surface area contributed by atoms with Crippen molar-refractivity contribution in [3.63, 3.8) is 0 Å². The van der Waals surface area contributed by atoms with Crippen LogP contribution in [0.2, 0.25) is 0 Å². The van der Waals surface area contributed by atoms with E-state index < -0.39 is 0 Å². The summed E-state index contributed by atoms with van der Waals surface area (Å²) in [4.78, 5) is 2.33. The van der Waals surface area contributed by atoms with Crippen LogP contribution in [0.5, 0.6) is 0 Å². The maximum Gasteiger partial charge on any atom is 0.191 e. The van der Waals surface area contributed by atoms with Crippen molar-refractivity contribution in [3.8, 4) is 0 Å². The molecule has 1 fully saturated rings. The van der Waals surface area contributed by atoms with Crippen molar-refractivity contribution >= 4 is 34.4 Å². The van der Waals surface area contributed by atoms with E-state index in [0.717, 1.165) is 54.4 Å². The summed E-state index contributed by atoms with van der Waals surface area (Å²) in [5, 5.41) is 8.14. The Morgan fingerprint density at radius 3 is 2.30 bits per heavy atom. The predicted molar refractivity (Wildman–Crippen MR) is 117 cm³/mol. The number of nitrogens with one attached hydrogen (secondary N) is 2. The average Bonchev–Trinajstić information content (AvgIpc) is 2.70. The molecule has 2 aromatic rings. The first-order chi connectivity index (χ1) is 13.0. The van der Waals surface area contributed by atoms with Gasteiger partial charge in [-0.2, -0.15) is 5.10 Å². The fourth-order valence-corrected chi connectivity index (χ4v) is 3.23. The molecule has 1 aliphatic rings. The van der Waals surface area contributed by atoms with Gasteiger partial charge in [0.05, 0.1) is 18.9 Å². The summed E-state index contributed by atoms with van der Waals surface area (Å²) >= 11 is 5.38. The minimum Gasteiger partial charge on any atom is -0.378 e. The van der Waals surface area contributed by atoms with Crippen LogP contribution in [0.4, 0.5) is 11.4 Å². The van der Waals surface area contributed by atoms with Crippen LogP contribution in [-0.2, 0) is 4.74 Å². The lowest BCUT2D eigenvalue weighted by atomic mass is 10.1. The molecule has 0 unspecified atom stereocenters. The van der Waals surface area contributed by atoms with Gasteiger partial charge in [0, 0.05) is 24.5 Å². The van der Waals surface area contributed by atoms with E-state index in [1.165, 1.54) is 5.69 Å². The summed E-state index contributed by atoms with van der Waals surface area (Å²) in [5.41, 5.74) is 9.44. The molecule has 0 amide bonds. The maximum absolute atomic E-state index is 5.41. The SMILES string of the molecule is C/C(=N/NC(=S)Nc1c(C)cccc1C)c1ccc(N2CCOCC2)cc1. The van der Waals surface area contributed by atoms with Crippen molar-refractivity contribution in [1.82, 2.24) is 5.43 Å². The molecule has 2 aromatic carbocycles. The number of hydrazone groups is 1. The average molecular weight is 383 g/mol. The zero-order chi connectivity index (χ0) is 19.2. The number of para-hydroxylation sites is 1. The number of rotatable bonds is 4. The lowest BCUT2D eigenvalue weighted by Gasteiger charge is -2.28. The van der Waals surface area contributed by atoms with Crippen molar-refractivity contribution in [1.29, 1.82) is 0 Å². The smallest absolute Gasteiger partial charge is 0.191 e. The van der Waals surface area contributed by atoms with E-state index in [9.17, 15) is 0 Å². The van der Waals surface area contributed by atoms with E-state index in [1.54, 1.807) is 0 Å². The Kier molecular flexibility index (Phi) is 6.42. The van der Waals surface area contributed by atoms with Gasteiger partial charge < -0.3 is 15.0 Å². The number of aryl methyl sites for hydroxylation is 2. The number of morpholine rings is 1. The number of benzene rings is 2. The predicted octanol–water partition coefficient (Wildman–Crippen LogP) is 3.85. The number of nitrogens with zero attached hydrogens (tertiary/aromatic N) is 2. The van der Waals surface area contributed by atoms with E-state index in [2.05, 4.69) is 71.0 Å². The quantitative estimate of drug-likeness (QED) is 0.478. The van der Waals surface area contributed by atoms with Gasteiger partial charge in [-0.05, 0) is 61.8 Å². The van der Waals surface area contributed by atoms with Gasteiger partial charge in [-0.3, -0.25) is 5.43 Å². The molecule has 27 heavy (non-hydrogen) atoms. The van der Waals surface area contributed by atoms with Crippen molar-refractivity contribution in [2.45, 2.75) is 20.8 Å². The Balaban J connectivity index is 1.60. The molecule has 0 saturated carbocycles. The molecule has 5 nitrogen and oxygen atoms in total. The van der Waals surface area contributed by atoms with Crippen LogP contribution in [0.3, 0.4) is 0 Å². The lowest BCUT2D eigenvalue weighted by Crippen LogP contribution is -2.36. The molecular weight excluding hydrogens is 356 g/mol. The third-order valence-electron chi connectivity index (χ3n) is 4.71. The zero-order valence-corrected chi connectivity index (χ0v) is 16.9. The Hall–Kier alpha value is -2.44. The topological polar surface area (TPSA) is 48.9 Å². The number of anilines is 2. The Bertz CT molecular complexity index is 806.